The lowest BCUT2D eigenvalue weighted by atomic mass is 10.1. The van der Waals surface area contributed by atoms with Crippen molar-refractivity contribution in [1.29, 1.82) is 0 Å². The van der Waals surface area contributed by atoms with E-state index in [1.807, 2.05) is 0 Å². The number of para-hydroxylation sites is 1. The summed E-state index contributed by atoms with van der Waals surface area (Å²) in [7, 11) is 0. The second kappa shape index (κ2) is 10.3. The number of carbonyl (C=O) groups is 2. The third-order valence-corrected chi connectivity index (χ3v) is 4.11. The first-order valence-electron chi connectivity index (χ1n) is 8.29. The molecule has 1 aliphatic heterocycles. The highest BCUT2D eigenvalue weighted by Crippen LogP contribution is 2.27. The number of nitrogens with two attached hydrogens (primary N) is 1. The summed E-state index contributed by atoms with van der Waals surface area (Å²) in [4.78, 5) is 25.3. The van der Waals surface area contributed by atoms with Gasteiger partial charge in [0.15, 0.2) is 0 Å². The molecule has 8 heteroatoms. The summed E-state index contributed by atoms with van der Waals surface area (Å²) in [5, 5.41) is 2.66. The molecule has 0 saturated carbocycles. The van der Waals surface area contributed by atoms with Crippen LogP contribution in [-0.4, -0.2) is 30.9 Å². The molecule has 2 amide bonds. The number of hydrogen-bond donors (Lipinski definition) is 2. The maximum absolute atomic E-state index is 13.8. The van der Waals surface area contributed by atoms with Gasteiger partial charge in [-0.1, -0.05) is 18.9 Å². The molecule has 5 nitrogen and oxygen atoms in total. The van der Waals surface area contributed by atoms with Crippen LogP contribution >= 0.6 is 12.4 Å². The molecule has 1 saturated heterocycles. The summed E-state index contributed by atoms with van der Waals surface area (Å²) in [6.45, 7) is 0.823. The first-order valence-corrected chi connectivity index (χ1v) is 8.29. The average Bonchev–Trinajstić information content (AvgIpc) is 2.88. The van der Waals surface area contributed by atoms with E-state index in [1.165, 1.54) is 6.07 Å². The fourth-order valence-electron chi connectivity index (χ4n) is 2.83. The molecular formula is C17H24ClF2N3O2. The summed E-state index contributed by atoms with van der Waals surface area (Å²) in [5.74, 6) is -2.25. The number of nitrogens with one attached hydrogen (secondary N) is 1. The van der Waals surface area contributed by atoms with Crippen molar-refractivity contribution in [2.45, 2.75) is 44.6 Å². The minimum Gasteiger partial charge on any atom is -0.344 e. The van der Waals surface area contributed by atoms with Crippen molar-refractivity contribution in [1.82, 2.24) is 5.32 Å². The highest BCUT2D eigenvalue weighted by Gasteiger charge is 2.36. The van der Waals surface area contributed by atoms with E-state index >= 15 is 0 Å². The summed E-state index contributed by atoms with van der Waals surface area (Å²) >= 11 is 0. The Hall–Kier alpha value is -1.73. The fraction of sp³-hybridized carbons (Fsp3) is 0.529. The molecule has 1 aliphatic rings. The molecule has 1 unspecified atom stereocenters. The zero-order valence-electron chi connectivity index (χ0n) is 14.0. The smallest absolute Gasteiger partial charge is 0.249 e. The molecule has 0 radical (unpaired) electrons. The first-order chi connectivity index (χ1) is 11.5. The monoisotopic (exact) mass is 375 g/mol. The van der Waals surface area contributed by atoms with Gasteiger partial charge in [0.05, 0.1) is 0 Å². The largest absolute Gasteiger partial charge is 0.344 e. The lowest BCUT2D eigenvalue weighted by Crippen LogP contribution is -2.41. The lowest BCUT2D eigenvalue weighted by Gasteiger charge is -2.18. The van der Waals surface area contributed by atoms with E-state index in [0.717, 1.165) is 42.7 Å². The van der Waals surface area contributed by atoms with Gasteiger partial charge in [-0.05, 0) is 37.9 Å². The van der Waals surface area contributed by atoms with E-state index in [1.54, 1.807) is 0 Å². The number of carbonyl (C=O) groups excluding carboxylic acids is 2. The van der Waals surface area contributed by atoms with Gasteiger partial charge < -0.3 is 16.0 Å². The second-order valence-corrected chi connectivity index (χ2v) is 5.92. The van der Waals surface area contributed by atoms with Gasteiger partial charge in [0.2, 0.25) is 11.8 Å². The Bertz CT molecular complexity index is 581. The van der Waals surface area contributed by atoms with E-state index in [9.17, 15) is 18.4 Å². The summed E-state index contributed by atoms with van der Waals surface area (Å²) in [6, 6.07) is 2.75. The molecule has 3 N–H and O–H groups in total. The summed E-state index contributed by atoms with van der Waals surface area (Å²) in [6.07, 6.45) is 4.24. The number of anilines is 1. The molecule has 1 heterocycles. The number of unbranched alkanes of at least 4 members (excludes halogenated alkanes) is 3. The molecular weight excluding hydrogens is 352 g/mol. The Morgan fingerprint density at radius 2 is 1.84 bits per heavy atom. The van der Waals surface area contributed by atoms with Crippen LogP contribution in [0.3, 0.4) is 0 Å². The molecule has 1 aromatic carbocycles. The zero-order valence-corrected chi connectivity index (χ0v) is 14.8. The van der Waals surface area contributed by atoms with E-state index in [2.05, 4.69) is 5.32 Å². The minimum absolute atomic E-state index is 0. The van der Waals surface area contributed by atoms with Crippen LogP contribution in [0.5, 0.6) is 0 Å². The van der Waals surface area contributed by atoms with Gasteiger partial charge in [0, 0.05) is 13.0 Å². The maximum atomic E-state index is 13.8. The quantitative estimate of drug-likeness (QED) is 0.685. The van der Waals surface area contributed by atoms with E-state index in [4.69, 9.17) is 5.73 Å². The summed E-state index contributed by atoms with van der Waals surface area (Å²) < 4.78 is 27.6. The minimum atomic E-state index is -0.782. The van der Waals surface area contributed by atoms with Crippen molar-refractivity contribution in [3.05, 3.63) is 29.8 Å². The van der Waals surface area contributed by atoms with E-state index in [-0.39, 0.29) is 30.5 Å². The Labute approximate surface area is 152 Å². The number of nitrogens with zero attached hydrogens (tertiary/aromatic N) is 1. The number of rotatable bonds is 8. The Kier molecular flexibility index (Phi) is 8.78. The Morgan fingerprint density at radius 1 is 1.20 bits per heavy atom. The third-order valence-electron chi connectivity index (χ3n) is 4.11. The van der Waals surface area contributed by atoms with Gasteiger partial charge in [-0.25, -0.2) is 8.78 Å². The van der Waals surface area contributed by atoms with Crippen LogP contribution in [0.15, 0.2) is 18.2 Å². The second-order valence-electron chi connectivity index (χ2n) is 5.92. The van der Waals surface area contributed by atoms with Crippen LogP contribution in [0, 0.1) is 11.6 Å². The maximum Gasteiger partial charge on any atom is 0.249 e. The predicted octanol–water partition coefficient (Wildman–Crippen LogP) is 2.52. The molecule has 0 bridgehead atoms. The van der Waals surface area contributed by atoms with Gasteiger partial charge >= 0.3 is 0 Å². The number of benzene rings is 1. The SMILES string of the molecule is Cl.NCCCCCCC(=O)NC1CCN(c2c(F)cccc2F)C1=O. The van der Waals surface area contributed by atoms with E-state index < -0.39 is 23.6 Å². The topological polar surface area (TPSA) is 75.4 Å². The highest BCUT2D eigenvalue weighted by atomic mass is 35.5. The van der Waals surface area contributed by atoms with Crippen LogP contribution in [0.4, 0.5) is 14.5 Å². The average molecular weight is 376 g/mol. The van der Waals surface area contributed by atoms with Crippen LogP contribution < -0.4 is 16.0 Å². The van der Waals surface area contributed by atoms with Crippen LogP contribution in [0.2, 0.25) is 0 Å². The fourth-order valence-corrected chi connectivity index (χ4v) is 2.83. The van der Waals surface area contributed by atoms with Crippen molar-refractivity contribution >= 4 is 29.9 Å². The van der Waals surface area contributed by atoms with Crippen molar-refractivity contribution in [3.63, 3.8) is 0 Å². The number of amides is 2. The van der Waals surface area contributed by atoms with Crippen molar-refractivity contribution in [2.24, 2.45) is 5.73 Å². The van der Waals surface area contributed by atoms with E-state index in [0.29, 0.717) is 19.4 Å². The molecule has 1 aromatic rings. The lowest BCUT2D eigenvalue weighted by molar-refractivity contribution is -0.126. The van der Waals surface area contributed by atoms with Crippen LogP contribution in [-0.2, 0) is 9.59 Å². The van der Waals surface area contributed by atoms with Gasteiger partial charge in [0.1, 0.15) is 23.4 Å². The van der Waals surface area contributed by atoms with Crippen LogP contribution in [0.1, 0.15) is 38.5 Å². The molecule has 140 valence electrons. The molecule has 1 atom stereocenters. The third kappa shape index (κ3) is 5.64. The van der Waals surface area contributed by atoms with Crippen molar-refractivity contribution in [3.8, 4) is 0 Å². The van der Waals surface area contributed by atoms with Crippen molar-refractivity contribution in [2.75, 3.05) is 18.0 Å². The van der Waals surface area contributed by atoms with Gasteiger partial charge in [0.25, 0.3) is 0 Å². The molecule has 25 heavy (non-hydrogen) atoms. The first kappa shape index (κ1) is 21.3. The molecule has 0 aromatic heterocycles. The highest BCUT2D eigenvalue weighted by molar-refractivity contribution is 6.01. The molecule has 0 aliphatic carbocycles. The number of halogens is 3. The Balaban J connectivity index is 0.00000312. The molecule has 2 rings (SSSR count). The Morgan fingerprint density at radius 3 is 2.48 bits per heavy atom. The standard InChI is InChI=1S/C17H23F2N3O2.ClH/c18-12-6-5-7-13(19)16(12)22-11-9-14(17(22)24)21-15(23)8-3-1-2-4-10-20;/h5-7,14H,1-4,8-11,20H2,(H,21,23);1H. The van der Waals surface area contributed by atoms with Gasteiger partial charge in [-0.15, -0.1) is 12.4 Å². The zero-order chi connectivity index (χ0) is 17.5. The van der Waals surface area contributed by atoms with Gasteiger partial charge in [-0.3, -0.25) is 9.59 Å². The van der Waals surface area contributed by atoms with Gasteiger partial charge in [-0.2, -0.15) is 0 Å². The number of hydrogen-bond acceptors (Lipinski definition) is 3. The summed E-state index contributed by atoms with van der Waals surface area (Å²) in [5.41, 5.74) is 5.06. The van der Waals surface area contributed by atoms with Crippen LogP contribution in [0.25, 0.3) is 0 Å². The van der Waals surface area contributed by atoms with Crippen molar-refractivity contribution < 1.29 is 18.4 Å². The normalized spacial score (nSPS) is 16.7. The molecule has 0 spiro atoms. The predicted molar refractivity (Wildman–Crippen MR) is 94.6 cm³/mol. The molecule has 1 fully saturated rings.